The lowest BCUT2D eigenvalue weighted by atomic mass is 10.1. The van der Waals surface area contributed by atoms with Crippen molar-refractivity contribution in [2.24, 2.45) is 0 Å². The molecule has 1 fully saturated rings. The second-order valence-electron chi connectivity index (χ2n) is 5.34. The number of sulfone groups is 1. The van der Waals surface area contributed by atoms with Gasteiger partial charge < -0.3 is 10.1 Å². The molecule has 0 saturated carbocycles. The van der Waals surface area contributed by atoms with E-state index in [4.69, 9.17) is 4.74 Å². The van der Waals surface area contributed by atoms with Crippen LogP contribution in [0.4, 0.5) is 5.82 Å². The molecule has 21 heavy (non-hydrogen) atoms. The van der Waals surface area contributed by atoms with Crippen LogP contribution in [0.2, 0.25) is 0 Å². The molecule has 112 valence electrons. The third-order valence-electron chi connectivity index (χ3n) is 3.78. The van der Waals surface area contributed by atoms with Crippen molar-refractivity contribution < 1.29 is 13.2 Å². The fourth-order valence-electron chi connectivity index (χ4n) is 2.73. The third kappa shape index (κ3) is 3.10. The van der Waals surface area contributed by atoms with Crippen LogP contribution in [0.15, 0.2) is 30.5 Å². The third-order valence-corrected chi connectivity index (χ3v) is 5.60. The summed E-state index contributed by atoms with van der Waals surface area (Å²) in [6.07, 6.45) is 3.29. The van der Waals surface area contributed by atoms with E-state index in [-0.39, 0.29) is 11.8 Å². The van der Waals surface area contributed by atoms with Crippen molar-refractivity contribution in [3.8, 4) is 5.75 Å². The fraction of sp³-hybridized carbons (Fsp3) is 0.400. The second kappa shape index (κ2) is 5.52. The van der Waals surface area contributed by atoms with Gasteiger partial charge >= 0.3 is 0 Å². The van der Waals surface area contributed by atoms with E-state index in [0.29, 0.717) is 12.2 Å². The molecule has 2 aromatic rings. The average molecular weight is 306 g/mol. The molecule has 1 aromatic heterocycles. The number of hydrogen-bond acceptors (Lipinski definition) is 5. The topological polar surface area (TPSA) is 68.3 Å². The normalized spacial score (nSPS) is 21.1. The summed E-state index contributed by atoms with van der Waals surface area (Å²) in [6.45, 7) is 0. The van der Waals surface area contributed by atoms with Crippen molar-refractivity contribution in [3.05, 3.63) is 30.5 Å². The largest absolute Gasteiger partial charge is 0.497 e. The molecule has 1 aromatic carbocycles. The van der Waals surface area contributed by atoms with Crippen LogP contribution in [0.25, 0.3) is 10.8 Å². The Morgan fingerprint density at radius 2 is 2.19 bits per heavy atom. The van der Waals surface area contributed by atoms with E-state index in [2.05, 4.69) is 10.3 Å². The van der Waals surface area contributed by atoms with Gasteiger partial charge in [-0.15, -0.1) is 0 Å². The zero-order chi connectivity index (χ0) is 14.9. The highest BCUT2D eigenvalue weighted by molar-refractivity contribution is 7.91. The summed E-state index contributed by atoms with van der Waals surface area (Å²) >= 11 is 0. The van der Waals surface area contributed by atoms with Gasteiger partial charge in [-0.3, -0.25) is 0 Å². The Balaban J connectivity index is 1.90. The van der Waals surface area contributed by atoms with Crippen molar-refractivity contribution in [2.75, 3.05) is 23.9 Å². The highest BCUT2D eigenvalue weighted by atomic mass is 32.2. The minimum atomic E-state index is -2.93. The predicted molar refractivity (Wildman–Crippen MR) is 83.6 cm³/mol. The second-order valence-corrected chi connectivity index (χ2v) is 7.57. The number of benzene rings is 1. The van der Waals surface area contributed by atoms with Crippen molar-refractivity contribution in [1.29, 1.82) is 0 Å². The maximum absolute atomic E-state index is 11.7. The maximum Gasteiger partial charge on any atom is 0.152 e. The number of methoxy groups -OCH3 is 1. The molecule has 3 rings (SSSR count). The van der Waals surface area contributed by atoms with E-state index in [1.165, 1.54) is 0 Å². The Hall–Kier alpha value is -1.82. The monoisotopic (exact) mass is 306 g/mol. The molecule has 0 amide bonds. The number of nitrogens with zero attached hydrogens (tertiary/aromatic N) is 1. The van der Waals surface area contributed by atoms with Crippen molar-refractivity contribution in [3.63, 3.8) is 0 Å². The minimum Gasteiger partial charge on any atom is -0.497 e. The molecule has 0 spiro atoms. The molecular formula is C15H18N2O3S. The number of nitrogens with one attached hydrogen (secondary N) is 1. The van der Waals surface area contributed by atoms with Gasteiger partial charge in [0.05, 0.1) is 18.6 Å². The van der Waals surface area contributed by atoms with E-state index in [1.807, 2.05) is 24.3 Å². The lowest BCUT2D eigenvalue weighted by Crippen LogP contribution is -2.35. The molecular weight excluding hydrogens is 288 g/mol. The summed E-state index contributed by atoms with van der Waals surface area (Å²) in [5, 5.41) is 5.28. The summed E-state index contributed by atoms with van der Waals surface area (Å²) in [7, 11) is -1.29. The number of pyridine rings is 1. The molecule has 1 aliphatic heterocycles. The van der Waals surface area contributed by atoms with Crippen LogP contribution in [0, 0.1) is 0 Å². The van der Waals surface area contributed by atoms with Gasteiger partial charge in [-0.25, -0.2) is 13.4 Å². The first-order valence-corrected chi connectivity index (χ1v) is 8.79. The quantitative estimate of drug-likeness (QED) is 0.942. The first kappa shape index (κ1) is 14.1. The summed E-state index contributed by atoms with van der Waals surface area (Å²) in [5.41, 5.74) is 0. The predicted octanol–water partition coefficient (Wildman–Crippen LogP) is 2.23. The SMILES string of the molecule is COc1ccc2c(NC3CCCS(=O)(=O)C3)nccc2c1. The summed E-state index contributed by atoms with van der Waals surface area (Å²) in [6, 6.07) is 7.62. The number of rotatable bonds is 3. The smallest absolute Gasteiger partial charge is 0.152 e. The van der Waals surface area contributed by atoms with Gasteiger partial charge in [0.15, 0.2) is 9.84 Å². The van der Waals surface area contributed by atoms with Crippen LogP contribution < -0.4 is 10.1 Å². The molecule has 1 saturated heterocycles. The van der Waals surface area contributed by atoms with E-state index < -0.39 is 9.84 Å². The van der Waals surface area contributed by atoms with Gasteiger partial charge in [0.25, 0.3) is 0 Å². The van der Waals surface area contributed by atoms with Crippen LogP contribution >= 0.6 is 0 Å². The van der Waals surface area contributed by atoms with Crippen molar-refractivity contribution >= 4 is 26.4 Å². The Bertz CT molecular complexity index is 759. The average Bonchev–Trinajstić information content (AvgIpc) is 2.46. The van der Waals surface area contributed by atoms with Gasteiger partial charge in [-0.05, 0) is 42.5 Å². The first-order chi connectivity index (χ1) is 10.1. The summed E-state index contributed by atoms with van der Waals surface area (Å²) < 4.78 is 28.7. The molecule has 1 atom stereocenters. The van der Waals surface area contributed by atoms with Gasteiger partial charge in [0, 0.05) is 17.6 Å². The van der Waals surface area contributed by atoms with Crippen LogP contribution in [-0.4, -0.2) is 38.1 Å². The number of aromatic nitrogens is 1. The molecule has 1 unspecified atom stereocenters. The zero-order valence-corrected chi connectivity index (χ0v) is 12.7. The van der Waals surface area contributed by atoms with Crippen LogP contribution in [0.3, 0.4) is 0 Å². The van der Waals surface area contributed by atoms with Crippen molar-refractivity contribution in [2.45, 2.75) is 18.9 Å². The molecule has 2 heterocycles. The molecule has 1 N–H and O–H groups in total. The number of anilines is 1. The van der Waals surface area contributed by atoms with Gasteiger partial charge in [-0.1, -0.05) is 0 Å². The van der Waals surface area contributed by atoms with E-state index in [0.717, 1.165) is 28.8 Å². The lowest BCUT2D eigenvalue weighted by molar-refractivity contribution is 0.415. The molecule has 0 radical (unpaired) electrons. The van der Waals surface area contributed by atoms with E-state index in [1.54, 1.807) is 13.3 Å². The number of fused-ring (bicyclic) bond motifs is 1. The Morgan fingerprint density at radius 3 is 2.95 bits per heavy atom. The van der Waals surface area contributed by atoms with Crippen LogP contribution in [0.5, 0.6) is 5.75 Å². The zero-order valence-electron chi connectivity index (χ0n) is 11.9. The van der Waals surface area contributed by atoms with Gasteiger partial charge in [-0.2, -0.15) is 0 Å². The first-order valence-electron chi connectivity index (χ1n) is 6.97. The Labute approximate surface area is 124 Å². The molecule has 5 nitrogen and oxygen atoms in total. The van der Waals surface area contributed by atoms with E-state index >= 15 is 0 Å². The van der Waals surface area contributed by atoms with Gasteiger partial charge in [0.1, 0.15) is 11.6 Å². The lowest BCUT2D eigenvalue weighted by Gasteiger charge is -2.24. The van der Waals surface area contributed by atoms with E-state index in [9.17, 15) is 8.42 Å². The highest BCUT2D eigenvalue weighted by Gasteiger charge is 2.25. The molecule has 0 aliphatic carbocycles. The standard InChI is InChI=1S/C15H18N2O3S/c1-20-13-4-5-14-11(9-13)6-7-16-15(14)17-12-3-2-8-21(18,19)10-12/h4-7,9,12H,2-3,8,10H2,1H3,(H,16,17). The molecule has 1 aliphatic rings. The molecule has 0 bridgehead atoms. The number of ether oxygens (including phenoxy) is 1. The summed E-state index contributed by atoms with van der Waals surface area (Å²) in [5.74, 6) is 2.00. The summed E-state index contributed by atoms with van der Waals surface area (Å²) in [4.78, 5) is 4.36. The number of hydrogen-bond donors (Lipinski definition) is 1. The van der Waals surface area contributed by atoms with Crippen molar-refractivity contribution in [1.82, 2.24) is 4.98 Å². The van der Waals surface area contributed by atoms with Gasteiger partial charge in [0.2, 0.25) is 0 Å². The minimum absolute atomic E-state index is 0.0658. The van der Waals surface area contributed by atoms with Crippen LogP contribution in [-0.2, 0) is 9.84 Å². The fourth-order valence-corrected chi connectivity index (χ4v) is 4.36. The Morgan fingerprint density at radius 1 is 1.33 bits per heavy atom. The highest BCUT2D eigenvalue weighted by Crippen LogP contribution is 2.27. The maximum atomic E-state index is 11.7. The van der Waals surface area contributed by atoms with Crippen LogP contribution in [0.1, 0.15) is 12.8 Å². The molecule has 6 heteroatoms. The Kier molecular flexibility index (Phi) is 3.71.